The second-order valence-corrected chi connectivity index (χ2v) is 11.6. The number of phenolic OH excluding ortho intramolecular Hbond substituents is 1. The number of carbonyl (C=O) groups excluding carboxylic acids is 2. The first kappa shape index (κ1) is 19.6. The number of aromatic hydroxyl groups is 1. The highest BCUT2D eigenvalue weighted by atomic mass is 32.2. The van der Waals surface area contributed by atoms with E-state index in [0.717, 1.165) is 21.9 Å². The van der Waals surface area contributed by atoms with E-state index in [0.29, 0.717) is 5.69 Å². The smallest absolute Gasteiger partial charge is 0.305 e. The van der Waals surface area contributed by atoms with Crippen LogP contribution in [0.15, 0.2) is 64.4 Å². The minimum absolute atomic E-state index is 0.0395. The van der Waals surface area contributed by atoms with Crippen molar-refractivity contribution in [3.63, 3.8) is 0 Å². The van der Waals surface area contributed by atoms with Gasteiger partial charge >= 0.3 is 4.87 Å². The van der Waals surface area contributed by atoms with Crippen LogP contribution >= 0.6 is 23.1 Å². The number of hydrogen-bond acceptors (Lipinski definition) is 6. The van der Waals surface area contributed by atoms with Gasteiger partial charge in [0, 0.05) is 21.6 Å². The predicted molar refractivity (Wildman–Crippen MR) is 126 cm³/mol. The molecule has 2 aliphatic carbocycles. The van der Waals surface area contributed by atoms with Gasteiger partial charge in [-0.2, -0.15) is 0 Å². The summed E-state index contributed by atoms with van der Waals surface area (Å²) in [5.41, 5.74) is 1.43. The summed E-state index contributed by atoms with van der Waals surface area (Å²) in [6.45, 7) is 0. The first-order valence-electron chi connectivity index (χ1n) is 11.1. The molecule has 33 heavy (non-hydrogen) atoms. The molecule has 0 radical (unpaired) electrons. The number of thiazole rings is 1. The molecule has 7 atom stereocenters. The van der Waals surface area contributed by atoms with Gasteiger partial charge in [-0.05, 0) is 42.4 Å². The summed E-state index contributed by atoms with van der Waals surface area (Å²) in [6.07, 6.45) is 0.834. The van der Waals surface area contributed by atoms with Gasteiger partial charge in [0.1, 0.15) is 5.75 Å². The Morgan fingerprint density at radius 1 is 0.909 bits per heavy atom. The lowest BCUT2D eigenvalue weighted by molar-refractivity contribution is -0.123. The van der Waals surface area contributed by atoms with Gasteiger partial charge in [0.25, 0.3) is 0 Å². The van der Waals surface area contributed by atoms with Gasteiger partial charge in [-0.25, -0.2) is 0 Å². The molecule has 3 aromatic rings. The molecule has 4 aliphatic rings. The highest BCUT2D eigenvalue weighted by molar-refractivity contribution is 8.00. The number of carbonyl (C=O) groups is 2. The number of phenols is 1. The first-order valence-corrected chi connectivity index (χ1v) is 12.8. The Morgan fingerprint density at radius 2 is 1.61 bits per heavy atom. The normalized spacial score (nSPS) is 33.8. The fraction of sp³-hybridized carbons (Fsp3) is 0.320. The number of benzene rings is 2. The summed E-state index contributed by atoms with van der Waals surface area (Å²) in [5.74, 6) is -0.602. The molecule has 3 fully saturated rings. The number of aromatic amines is 1. The lowest BCUT2D eigenvalue weighted by Gasteiger charge is -2.43. The van der Waals surface area contributed by atoms with Crippen molar-refractivity contribution in [2.75, 3.05) is 4.90 Å². The van der Waals surface area contributed by atoms with E-state index in [2.05, 4.69) is 4.98 Å². The molecule has 1 aromatic heterocycles. The van der Waals surface area contributed by atoms with E-state index in [9.17, 15) is 19.5 Å². The molecule has 0 unspecified atom stereocenters. The fourth-order valence-electron chi connectivity index (χ4n) is 6.95. The third-order valence-corrected chi connectivity index (χ3v) is 10.6. The lowest BCUT2D eigenvalue weighted by Crippen LogP contribution is -2.42. The molecular formula is C25H20N2O4S2. The fourth-order valence-corrected chi connectivity index (χ4v) is 9.83. The van der Waals surface area contributed by atoms with Crippen molar-refractivity contribution in [2.24, 2.45) is 29.6 Å². The summed E-state index contributed by atoms with van der Waals surface area (Å²) >= 11 is 2.85. The van der Waals surface area contributed by atoms with Crippen LogP contribution in [-0.4, -0.2) is 27.2 Å². The average molecular weight is 477 g/mol. The molecule has 2 aromatic carbocycles. The van der Waals surface area contributed by atoms with Gasteiger partial charge in [0.2, 0.25) is 11.8 Å². The number of hydrogen-bond donors (Lipinski definition) is 2. The highest BCUT2D eigenvalue weighted by Crippen LogP contribution is 2.69. The van der Waals surface area contributed by atoms with Gasteiger partial charge < -0.3 is 10.1 Å². The summed E-state index contributed by atoms with van der Waals surface area (Å²) in [6, 6.07) is 16.5. The Hall–Kier alpha value is -2.84. The number of nitrogens with zero attached hydrogens (tertiary/aromatic N) is 1. The minimum atomic E-state index is -0.338. The molecule has 2 aliphatic heterocycles. The third kappa shape index (κ3) is 2.53. The van der Waals surface area contributed by atoms with E-state index in [4.69, 9.17) is 0 Å². The summed E-state index contributed by atoms with van der Waals surface area (Å²) in [4.78, 5) is 44.6. The van der Waals surface area contributed by atoms with E-state index < -0.39 is 0 Å². The molecule has 2 bridgehead atoms. The van der Waals surface area contributed by atoms with Crippen LogP contribution in [0.1, 0.15) is 22.8 Å². The molecule has 2 N–H and O–H groups in total. The zero-order chi connectivity index (χ0) is 22.4. The summed E-state index contributed by atoms with van der Waals surface area (Å²) < 4.78 is 0. The zero-order valence-electron chi connectivity index (χ0n) is 17.4. The maximum Gasteiger partial charge on any atom is 0.305 e. The molecule has 166 valence electrons. The predicted octanol–water partition coefficient (Wildman–Crippen LogP) is 3.82. The van der Waals surface area contributed by atoms with Crippen LogP contribution in [-0.2, 0) is 9.59 Å². The van der Waals surface area contributed by atoms with Crippen molar-refractivity contribution in [2.45, 2.75) is 22.6 Å². The molecule has 2 saturated carbocycles. The van der Waals surface area contributed by atoms with Crippen molar-refractivity contribution in [1.82, 2.24) is 4.98 Å². The van der Waals surface area contributed by atoms with Crippen LogP contribution in [0, 0.1) is 29.6 Å². The van der Waals surface area contributed by atoms with Crippen LogP contribution in [0.25, 0.3) is 0 Å². The average Bonchev–Trinajstić information content (AvgIpc) is 3.54. The number of aromatic nitrogens is 1. The Balaban J connectivity index is 1.36. The number of thioether (sulfide) groups is 1. The molecule has 6 nitrogen and oxygen atoms in total. The van der Waals surface area contributed by atoms with Crippen LogP contribution in [0.4, 0.5) is 5.69 Å². The molecule has 0 spiro atoms. The standard InChI is InChI=1S/C25H20N2O4S2/c28-15-9-5-4-8-12(15)16-17-13-10-14(20(17)32-22-21(16)33-25(31)26-22)19-18(13)23(29)27(24(19)30)11-6-2-1-3-7-11/h1-9,13-14,16-20,28H,10H2,(H,26,31)/t13-,14+,16+,17+,18-,19+,20-/m1/s1. The third-order valence-electron chi connectivity index (χ3n) is 8.01. The largest absolute Gasteiger partial charge is 0.508 e. The molecular weight excluding hydrogens is 456 g/mol. The summed E-state index contributed by atoms with van der Waals surface area (Å²) in [5, 5.41) is 11.7. The van der Waals surface area contributed by atoms with Crippen molar-refractivity contribution in [1.29, 1.82) is 0 Å². The van der Waals surface area contributed by atoms with Gasteiger partial charge in [0.15, 0.2) is 0 Å². The van der Waals surface area contributed by atoms with Crippen LogP contribution < -0.4 is 9.77 Å². The maximum atomic E-state index is 13.6. The molecule has 7 rings (SSSR count). The highest BCUT2D eigenvalue weighted by Gasteiger charge is 2.69. The van der Waals surface area contributed by atoms with E-state index in [-0.39, 0.29) is 63.2 Å². The SMILES string of the molecule is O=C1[C@@H]2[C@@H]3C[C@H]([C@H]4Sc5[nH]c(=O)sc5[C@@H](c5ccccc5O)[C@H]34)[C@@H]2C(=O)N1c1ccccc1. The Bertz CT molecular complexity index is 1370. The zero-order valence-corrected chi connectivity index (χ0v) is 19.0. The van der Waals surface area contributed by atoms with E-state index >= 15 is 0 Å². The monoisotopic (exact) mass is 476 g/mol. The maximum absolute atomic E-state index is 13.6. The van der Waals surface area contributed by atoms with E-state index in [1.165, 1.54) is 16.2 Å². The van der Waals surface area contributed by atoms with Crippen molar-refractivity contribution in [3.8, 4) is 5.75 Å². The van der Waals surface area contributed by atoms with Gasteiger partial charge in [-0.15, -0.1) is 11.8 Å². The minimum Gasteiger partial charge on any atom is -0.508 e. The Morgan fingerprint density at radius 3 is 2.36 bits per heavy atom. The number of anilines is 1. The summed E-state index contributed by atoms with van der Waals surface area (Å²) in [7, 11) is 0. The molecule has 2 amide bonds. The van der Waals surface area contributed by atoms with Crippen LogP contribution in [0.2, 0.25) is 0 Å². The number of fused-ring (bicyclic) bond motifs is 9. The number of nitrogens with one attached hydrogen (secondary N) is 1. The number of amides is 2. The quantitative estimate of drug-likeness (QED) is 0.549. The second kappa shape index (κ2) is 6.84. The lowest BCUT2D eigenvalue weighted by atomic mass is 9.68. The molecule has 1 saturated heterocycles. The Kier molecular flexibility index (Phi) is 4.06. The van der Waals surface area contributed by atoms with Crippen LogP contribution in [0.3, 0.4) is 0 Å². The van der Waals surface area contributed by atoms with E-state index in [1.807, 2.05) is 42.5 Å². The van der Waals surface area contributed by atoms with Crippen molar-refractivity contribution in [3.05, 3.63) is 74.7 Å². The van der Waals surface area contributed by atoms with E-state index in [1.54, 1.807) is 23.9 Å². The topological polar surface area (TPSA) is 90.5 Å². The number of imide groups is 1. The number of H-pyrrole nitrogens is 1. The molecule has 3 heterocycles. The number of rotatable bonds is 2. The van der Waals surface area contributed by atoms with Crippen LogP contribution in [0.5, 0.6) is 5.75 Å². The van der Waals surface area contributed by atoms with Gasteiger partial charge in [0.05, 0.1) is 22.5 Å². The van der Waals surface area contributed by atoms with Gasteiger partial charge in [-0.1, -0.05) is 47.7 Å². The first-order chi connectivity index (χ1) is 16.0. The van der Waals surface area contributed by atoms with Crippen molar-refractivity contribution >= 4 is 40.6 Å². The molecule has 8 heteroatoms. The number of para-hydroxylation sites is 2. The second-order valence-electron chi connectivity index (χ2n) is 9.37. The van der Waals surface area contributed by atoms with Crippen molar-refractivity contribution < 1.29 is 14.7 Å². The van der Waals surface area contributed by atoms with Gasteiger partial charge in [-0.3, -0.25) is 19.3 Å². The Labute approximate surface area is 197 Å².